The van der Waals surface area contributed by atoms with Crippen molar-refractivity contribution in [1.29, 1.82) is 0 Å². The van der Waals surface area contributed by atoms with E-state index in [2.05, 4.69) is 5.32 Å². The molecule has 0 unspecified atom stereocenters. The fourth-order valence-corrected chi connectivity index (χ4v) is 6.44. The number of nitrogens with zero attached hydrogens (tertiary/aromatic N) is 3. The Morgan fingerprint density at radius 3 is 2.53 bits per heavy atom. The van der Waals surface area contributed by atoms with Gasteiger partial charge in [-0.2, -0.15) is 0 Å². The summed E-state index contributed by atoms with van der Waals surface area (Å²) in [6.45, 7) is 3.11. The predicted molar refractivity (Wildman–Crippen MR) is 159 cm³/mol. The van der Waals surface area contributed by atoms with Crippen LogP contribution in [-0.2, 0) is 37.2 Å². The van der Waals surface area contributed by atoms with Crippen LogP contribution < -0.4 is 10.9 Å². The van der Waals surface area contributed by atoms with Crippen LogP contribution in [0.1, 0.15) is 50.2 Å². The standard InChI is InChI=1S/C32H28F2N4O4S/c1-2-42-32(41)26-23(12-9-19-7-10-21(33)11-8-19)36-29-28(31(40)38-16-4-15-37(29)38)27(26)24-13-14-25(43-24)30(39)35-18-20-5-3-6-22(34)17-20/h3,5-8,10-11,13-14,17H,2,4,9,12,15-16,18H2,1H3,(H,35,39). The molecule has 0 radical (unpaired) electrons. The summed E-state index contributed by atoms with van der Waals surface area (Å²) in [5.74, 6) is -1.70. The van der Waals surface area contributed by atoms with Crippen molar-refractivity contribution in [2.24, 2.45) is 0 Å². The van der Waals surface area contributed by atoms with Gasteiger partial charge in [0.25, 0.3) is 11.5 Å². The maximum atomic E-state index is 13.7. The van der Waals surface area contributed by atoms with Crippen LogP contribution in [0.15, 0.2) is 65.5 Å². The number of fused-ring (bicyclic) bond motifs is 3. The molecule has 1 aliphatic rings. The van der Waals surface area contributed by atoms with Crippen molar-refractivity contribution in [2.45, 2.75) is 45.8 Å². The third kappa shape index (κ3) is 5.60. The van der Waals surface area contributed by atoms with Crippen LogP contribution in [0.3, 0.4) is 0 Å². The average molecular weight is 603 g/mol. The molecule has 0 aliphatic carbocycles. The Morgan fingerprint density at radius 2 is 1.77 bits per heavy atom. The number of benzene rings is 2. The summed E-state index contributed by atoms with van der Waals surface area (Å²) in [6, 6.07) is 15.5. The monoisotopic (exact) mass is 602 g/mol. The second kappa shape index (κ2) is 11.9. The Labute approximate surface area is 249 Å². The Balaban J connectivity index is 1.44. The van der Waals surface area contributed by atoms with Crippen molar-refractivity contribution >= 4 is 34.2 Å². The molecule has 6 rings (SSSR count). The molecule has 1 N–H and O–H groups in total. The third-order valence-corrected chi connectivity index (χ3v) is 8.54. The zero-order valence-electron chi connectivity index (χ0n) is 23.4. The smallest absolute Gasteiger partial charge is 0.340 e. The van der Waals surface area contributed by atoms with Crippen molar-refractivity contribution in [2.75, 3.05) is 6.61 Å². The zero-order valence-corrected chi connectivity index (χ0v) is 24.2. The lowest BCUT2D eigenvalue weighted by Crippen LogP contribution is -2.21. The zero-order chi connectivity index (χ0) is 30.1. The molecule has 220 valence electrons. The van der Waals surface area contributed by atoms with Gasteiger partial charge < -0.3 is 10.1 Å². The van der Waals surface area contributed by atoms with Crippen LogP contribution in [0.2, 0.25) is 0 Å². The number of nitrogens with one attached hydrogen (secondary N) is 1. The Hall–Kier alpha value is -4.64. The molecule has 11 heteroatoms. The number of carbonyl (C=O) groups excluding carboxylic acids is 2. The minimum Gasteiger partial charge on any atom is -0.462 e. The fourth-order valence-electron chi connectivity index (χ4n) is 5.46. The number of thiophene rings is 1. The fraction of sp³-hybridized carbons (Fsp3) is 0.250. The first kappa shape index (κ1) is 28.5. The van der Waals surface area contributed by atoms with E-state index in [9.17, 15) is 23.2 Å². The van der Waals surface area contributed by atoms with Gasteiger partial charge in [-0.3, -0.25) is 14.3 Å². The highest BCUT2D eigenvalue weighted by Gasteiger charge is 2.30. The number of hydrogen-bond donors (Lipinski definition) is 1. The first-order valence-corrected chi connectivity index (χ1v) is 14.9. The van der Waals surface area contributed by atoms with E-state index < -0.39 is 5.97 Å². The number of aryl methyl sites for hydroxylation is 3. The summed E-state index contributed by atoms with van der Waals surface area (Å²) in [4.78, 5) is 46.1. The van der Waals surface area contributed by atoms with Gasteiger partial charge >= 0.3 is 5.97 Å². The quantitative estimate of drug-likeness (QED) is 0.225. The van der Waals surface area contributed by atoms with Gasteiger partial charge in [0.05, 0.1) is 28.1 Å². The number of ether oxygens (including phenoxy) is 1. The van der Waals surface area contributed by atoms with E-state index in [0.717, 1.165) is 23.3 Å². The van der Waals surface area contributed by atoms with Gasteiger partial charge in [-0.25, -0.2) is 23.2 Å². The van der Waals surface area contributed by atoms with Crippen molar-refractivity contribution < 1.29 is 23.1 Å². The molecule has 0 bridgehead atoms. The number of hydrogen-bond acceptors (Lipinski definition) is 6. The van der Waals surface area contributed by atoms with Gasteiger partial charge in [0.15, 0.2) is 5.65 Å². The molecule has 8 nitrogen and oxygen atoms in total. The molecule has 2 aromatic carbocycles. The number of esters is 1. The number of carbonyl (C=O) groups is 2. The van der Waals surface area contributed by atoms with Crippen LogP contribution in [0.5, 0.6) is 0 Å². The SMILES string of the molecule is CCOC(=O)c1c(CCc2ccc(F)cc2)nc2c(c1-c1ccc(C(=O)NCc3cccc(F)c3)s1)c(=O)n1n2CCC1. The minimum absolute atomic E-state index is 0.122. The van der Waals surface area contributed by atoms with E-state index in [1.54, 1.807) is 48.0 Å². The van der Waals surface area contributed by atoms with Gasteiger partial charge in [-0.1, -0.05) is 24.3 Å². The Bertz CT molecular complexity index is 1910. The molecule has 3 aromatic heterocycles. The lowest BCUT2D eigenvalue weighted by Gasteiger charge is -2.14. The molecule has 5 aromatic rings. The van der Waals surface area contributed by atoms with Crippen LogP contribution in [0, 0.1) is 11.6 Å². The van der Waals surface area contributed by atoms with E-state index in [0.29, 0.717) is 63.5 Å². The second-order valence-corrected chi connectivity index (χ2v) is 11.3. The van der Waals surface area contributed by atoms with E-state index in [4.69, 9.17) is 9.72 Å². The number of pyridine rings is 1. The molecular formula is C32H28F2N4O4S. The van der Waals surface area contributed by atoms with Crippen LogP contribution in [0.25, 0.3) is 21.5 Å². The largest absolute Gasteiger partial charge is 0.462 e. The van der Waals surface area contributed by atoms with E-state index in [1.807, 2.05) is 4.68 Å². The molecule has 0 saturated carbocycles. The first-order valence-electron chi connectivity index (χ1n) is 14.0. The summed E-state index contributed by atoms with van der Waals surface area (Å²) in [6.07, 6.45) is 1.61. The Morgan fingerprint density at radius 1 is 0.977 bits per heavy atom. The van der Waals surface area contributed by atoms with Crippen molar-refractivity contribution in [3.8, 4) is 10.4 Å². The summed E-state index contributed by atoms with van der Waals surface area (Å²) < 4.78 is 36.0. The molecule has 1 amide bonds. The molecule has 4 heterocycles. The molecule has 1 aliphatic heterocycles. The third-order valence-electron chi connectivity index (χ3n) is 7.44. The highest BCUT2D eigenvalue weighted by molar-refractivity contribution is 7.17. The van der Waals surface area contributed by atoms with Crippen LogP contribution in [0.4, 0.5) is 8.78 Å². The normalized spacial score (nSPS) is 12.4. The Kier molecular flexibility index (Phi) is 7.90. The van der Waals surface area contributed by atoms with Crippen LogP contribution in [-0.4, -0.2) is 32.8 Å². The van der Waals surface area contributed by atoms with Gasteiger partial charge in [-0.05, 0) is 73.7 Å². The number of aromatic nitrogens is 3. The van der Waals surface area contributed by atoms with E-state index in [-0.39, 0.29) is 41.8 Å². The second-order valence-electron chi connectivity index (χ2n) is 10.2. The number of halogens is 2. The summed E-state index contributed by atoms with van der Waals surface area (Å²) in [5.41, 5.74) is 2.75. The molecule has 0 saturated heterocycles. The van der Waals surface area contributed by atoms with Crippen molar-refractivity contribution in [3.63, 3.8) is 0 Å². The molecule has 0 fully saturated rings. The maximum absolute atomic E-state index is 13.7. The van der Waals surface area contributed by atoms with Crippen molar-refractivity contribution in [1.82, 2.24) is 19.7 Å². The van der Waals surface area contributed by atoms with Gasteiger partial charge in [-0.15, -0.1) is 11.3 Å². The topological polar surface area (TPSA) is 95.2 Å². The van der Waals surface area contributed by atoms with Gasteiger partial charge in [0.1, 0.15) is 11.6 Å². The highest BCUT2D eigenvalue weighted by Crippen LogP contribution is 2.38. The highest BCUT2D eigenvalue weighted by atomic mass is 32.1. The summed E-state index contributed by atoms with van der Waals surface area (Å²) >= 11 is 1.15. The average Bonchev–Trinajstić information content (AvgIpc) is 3.74. The van der Waals surface area contributed by atoms with Gasteiger partial charge in [0.2, 0.25) is 0 Å². The molecule has 0 spiro atoms. The van der Waals surface area contributed by atoms with E-state index >= 15 is 0 Å². The summed E-state index contributed by atoms with van der Waals surface area (Å²) in [7, 11) is 0. The lowest BCUT2D eigenvalue weighted by molar-refractivity contribution is 0.0525. The number of amides is 1. The van der Waals surface area contributed by atoms with Gasteiger partial charge in [0, 0.05) is 30.1 Å². The predicted octanol–water partition coefficient (Wildman–Crippen LogP) is 5.50. The van der Waals surface area contributed by atoms with Crippen LogP contribution >= 0.6 is 11.3 Å². The molecule has 43 heavy (non-hydrogen) atoms. The maximum Gasteiger partial charge on any atom is 0.340 e. The van der Waals surface area contributed by atoms with Crippen molar-refractivity contribution in [3.05, 3.63) is 110 Å². The first-order chi connectivity index (χ1) is 20.8. The molecule has 0 atom stereocenters. The van der Waals surface area contributed by atoms with E-state index in [1.165, 1.54) is 24.3 Å². The number of rotatable bonds is 9. The molecular weight excluding hydrogens is 574 g/mol. The minimum atomic E-state index is -0.609. The summed E-state index contributed by atoms with van der Waals surface area (Å²) in [5, 5.41) is 3.11. The lowest BCUT2D eigenvalue weighted by atomic mass is 9.97.